The Kier molecular flexibility index (Phi) is 3.91. The number of anilines is 1. The van der Waals surface area contributed by atoms with Crippen LogP contribution in [0.2, 0.25) is 5.22 Å². The third kappa shape index (κ3) is 3.25. The molecule has 0 saturated heterocycles. The van der Waals surface area contributed by atoms with Crippen molar-refractivity contribution >= 4 is 17.3 Å². The fourth-order valence-corrected chi connectivity index (χ4v) is 1.79. The average molecular weight is 301 g/mol. The molecule has 0 spiro atoms. The maximum absolute atomic E-state index is 12.9. The number of hydrogen-bond acceptors (Lipinski definition) is 3. The molecule has 0 aliphatic carbocycles. The summed E-state index contributed by atoms with van der Waals surface area (Å²) in [5.41, 5.74) is -1.07. The highest BCUT2D eigenvalue weighted by Gasteiger charge is 2.33. The molecule has 3 nitrogen and oxygen atoms in total. The number of hydrogen-bond donors (Lipinski definition) is 1. The zero-order valence-electron chi connectivity index (χ0n) is 9.96. The highest BCUT2D eigenvalue weighted by Crippen LogP contribution is 2.35. The van der Waals surface area contributed by atoms with Gasteiger partial charge in [0, 0.05) is 5.69 Å². The van der Waals surface area contributed by atoms with E-state index in [-0.39, 0.29) is 23.0 Å². The maximum Gasteiger partial charge on any atom is 0.418 e. The molecule has 1 aromatic heterocycles. The van der Waals surface area contributed by atoms with Gasteiger partial charge in [-0.1, -0.05) is 0 Å². The lowest BCUT2D eigenvalue weighted by molar-refractivity contribution is -0.137. The van der Waals surface area contributed by atoms with Crippen LogP contribution in [0, 0.1) is 11.3 Å². The average Bonchev–Trinajstić information content (AvgIpc) is 2.81. The van der Waals surface area contributed by atoms with Crippen molar-refractivity contribution < 1.29 is 17.6 Å². The van der Waals surface area contributed by atoms with Gasteiger partial charge in [0.1, 0.15) is 5.76 Å². The molecule has 0 aliphatic rings. The van der Waals surface area contributed by atoms with Crippen molar-refractivity contribution in [3.05, 3.63) is 52.4 Å². The molecule has 0 fully saturated rings. The van der Waals surface area contributed by atoms with Gasteiger partial charge < -0.3 is 9.73 Å². The third-order valence-electron chi connectivity index (χ3n) is 2.54. The van der Waals surface area contributed by atoms with Gasteiger partial charge in [0.15, 0.2) is 5.22 Å². The fourth-order valence-electron chi connectivity index (χ4n) is 1.63. The number of furan rings is 1. The Labute approximate surface area is 117 Å². The summed E-state index contributed by atoms with van der Waals surface area (Å²) in [6, 6.07) is 8.07. The van der Waals surface area contributed by atoms with E-state index in [0.717, 1.165) is 6.07 Å². The zero-order chi connectivity index (χ0) is 14.8. The maximum atomic E-state index is 12.9. The van der Waals surface area contributed by atoms with Crippen LogP contribution in [0.4, 0.5) is 18.9 Å². The molecule has 1 N–H and O–H groups in total. The molecular weight excluding hydrogens is 293 g/mol. The van der Waals surface area contributed by atoms with Gasteiger partial charge in [-0.3, -0.25) is 0 Å². The van der Waals surface area contributed by atoms with Gasteiger partial charge in [-0.2, -0.15) is 18.4 Å². The van der Waals surface area contributed by atoms with Crippen LogP contribution in [0.25, 0.3) is 0 Å². The van der Waals surface area contributed by atoms with Crippen LogP contribution in [-0.4, -0.2) is 0 Å². The Morgan fingerprint density at radius 2 is 2.00 bits per heavy atom. The molecular formula is C13H8ClF3N2O. The van der Waals surface area contributed by atoms with E-state index in [2.05, 4.69) is 5.32 Å². The Morgan fingerprint density at radius 1 is 1.25 bits per heavy atom. The van der Waals surface area contributed by atoms with Crippen LogP contribution < -0.4 is 5.32 Å². The minimum Gasteiger partial charge on any atom is -0.448 e. The summed E-state index contributed by atoms with van der Waals surface area (Å²) in [5, 5.41) is 11.4. The highest BCUT2D eigenvalue weighted by atomic mass is 35.5. The molecule has 0 aliphatic heterocycles. The first-order valence-corrected chi connectivity index (χ1v) is 5.87. The van der Waals surface area contributed by atoms with Crippen LogP contribution in [0.3, 0.4) is 0 Å². The van der Waals surface area contributed by atoms with Gasteiger partial charge in [-0.15, -0.1) is 0 Å². The lowest BCUT2D eigenvalue weighted by atomic mass is 10.1. The molecule has 1 aromatic carbocycles. The zero-order valence-corrected chi connectivity index (χ0v) is 10.7. The summed E-state index contributed by atoms with van der Waals surface area (Å²) >= 11 is 5.58. The molecule has 0 amide bonds. The van der Waals surface area contributed by atoms with Crippen LogP contribution in [-0.2, 0) is 12.7 Å². The fraction of sp³-hybridized carbons (Fsp3) is 0.154. The standard InChI is InChI=1S/C13H8ClF3N2O/c14-12-4-2-9(20-12)7-19-11-3-1-8(6-18)5-10(11)13(15,16)17/h1-5,19H,7H2. The Morgan fingerprint density at radius 3 is 2.55 bits per heavy atom. The molecule has 0 radical (unpaired) electrons. The van der Waals surface area contributed by atoms with E-state index in [4.69, 9.17) is 21.3 Å². The number of nitrogens with zero attached hydrogens (tertiary/aromatic N) is 1. The molecule has 0 bridgehead atoms. The normalized spacial score (nSPS) is 11.2. The van der Waals surface area contributed by atoms with Crippen molar-refractivity contribution in [2.75, 3.05) is 5.32 Å². The molecule has 104 valence electrons. The second kappa shape index (κ2) is 5.47. The highest BCUT2D eigenvalue weighted by molar-refractivity contribution is 6.28. The summed E-state index contributed by atoms with van der Waals surface area (Å²) < 4.78 is 43.7. The van der Waals surface area contributed by atoms with Gasteiger partial charge >= 0.3 is 6.18 Å². The molecule has 0 saturated carbocycles. The van der Waals surface area contributed by atoms with E-state index < -0.39 is 11.7 Å². The first-order chi connectivity index (χ1) is 9.40. The van der Waals surface area contributed by atoms with Crippen LogP contribution >= 0.6 is 11.6 Å². The monoisotopic (exact) mass is 300 g/mol. The predicted octanol–water partition coefficient (Wildman–Crippen LogP) is 4.44. The first kappa shape index (κ1) is 14.3. The van der Waals surface area contributed by atoms with E-state index >= 15 is 0 Å². The Bertz CT molecular complexity index is 658. The van der Waals surface area contributed by atoms with Crippen molar-refractivity contribution in [1.82, 2.24) is 0 Å². The molecule has 0 unspecified atom stereocenters. The van der Waals surface area contributed by atoms with Crippen molar-refractivity contribution in [3.63, 3.8) is 0 Å². The topological polar surface area (TPSA) is 49.0 Å². The third-order valence-corrected chi connectivity index (χ3v) is 2.74. The Hall–Kier alpha value is -2.13. The molecule has 7 heteroatoms. The smallest absolute Gasteiger partial charge is 0.418 e. The minimum absolute atomic E-state index is 0.0519. The predicted molar refractivity (Wildman–Crippen MR) is 67.2 cm³/mol. The van der Waals surface area contributed by atoms with Crippen LogP contribution in [0.5, 0.6) is 0 Å². The summed E-state index contributed by atoms with van der Waals surface area (Å²) in [4.78, 5) is 0. The van der Waals surface area contributed by atoms with E-state index in [1.165, 1.54) is 18.2 Å². The van der Waals surface area contributed by atoms with E-state index in [9.17, 15) is 13.2 Å². The van der Waals surface area contributed by atoms with Gasteiger partial charge in [0.05, 0.1) is 23.7 Å². The molecule has 0 atom stereocenters. The minimum atomic E-state index is -4.55. The second-order valence-corrected chi connectivity index (χ2v) is 4.30. The summed E-state index contributed by atoms with van der Waals surface area (Å²) in [6.07, 6.45) is -4.55. The SMILES string of the molecule is N#Cc1ccc(NCc2ccc(Cl)o2)c(C(F)(F)F)c1. The largest absolute Gasteiger partial charge is 0.448 e. The van der Waals surface area contributed by atoms with E-state index in [1.807, 2.05) is 0 Å². The first-order valence-electron chi connectivity index (χ1n) is 5.49. The summed E-state index contributed by atoms with van der Waals surface area (Å²) in [5.74, 6) is 0.410. The van der Waals surface area contributed by atoms with E-state index in [1.54, 1.807) is 12.1 Å². The van der Waals surface area contributed by atoms with Gasteiger partial charge in [-0.05, 0) is 41.9 Å². The number of alkyl halides is 3. The van der Waals surface area contributed by atoms with Gasteiger partial charge in [-0.25, -0.2) is 0 Å². The Balaban J connectivity index is 2.25. The van der Waals surface area contributed by atoms with Crippen molar-refractivity contribution in [2.45, 2.75) is 12.7 Å². The quantitative estimate of drug-likeness (QED) is 0.912. The summed E-state index contributed by atoms with van der Waals surface area (Å²) in [7, 11) is 0. The molecule has 2 rings (SSSR count). The summed E-state index contributed by atoms with van der Waals surface area (Å²) in [6.45, 7) is 0.0572. The van der Waals surface area contributed by atoms with Crippen LogP contribution in [0.15, 0.2) is 34.7 Å². The number of nitriles is 1. The van der Waals surface area contributed by atoms with Gasteiger partial charge in [0.25, 0.3) is 0 Å². The molecule has 2 aromatic rings. The second-order valence-electron chi connectivity index (χ2n) is 3.93. The van der Waals surface area contributed by atoms with Crippen molar-refractivity contribution in [2.24, 2.45) is 0 Å². The number of halogens is 4. The van der Waals surface area contributed by atoms with Crippen molar-refractivity contribution in [1.29, 1.82) is 5.26 Å². The van der Waals surface area contributed by atoms with Gasteiger partial charge in [0.2, 0.25) is 0 Å². The lowest BCUT2D eigenvalue weighted by Crippen LogP contribution is -2.11. The number of nitrogens with one attached hydrogen (secondary N) is 1. The number of benzene rings is 1. The molecule has 1 heterocycles. The lowest BCUT2D eigenvalue weighted by Gasteiger charge is -2.14. The number of rotatable bonds is 3. The van der Waals surface area contributed by atoms with Crippen LogP contribution in [0.1, 0.15) is 16.9 Å². The molecule has 20 heavy (non-hydrogen) atoms. The van der Waals surface area contributed by atoms with E-state index in [0.29, 0.717) is 5.76 Å². The van der Waals surface area contributed by atoms with Crippen molar-refractivity contribution in [3.8, 4) is 6.07 Å².